The number of benzene rings is 3. The second kappa shape index (κ2) is 8.15. The van der Waals surface area contributed by atoms with E-state index in [-0.39, 0.29) is 11.9 Å². The molecule has 1 N–H and O–H groups in total. The summed E-state index contributed by atoms with van der Waals surface area (Å²) in [5.41, 5.74) is 2.41. The van der Waals surface area contributed by atoms with Crippen molar-refractivity contribution in [2.75, 3.05) is 14.1 Å². The van der Waals surface area contributed by atoms with Crippen LogP contribution >= 0.6 is 0 Å². The van der Waals surface area contributed by atoms with Crippen LogP contribution in [0.15, 0.2) is 72.8 Å². The number of fused-ring (bicyclic) bond motifs is 1. The number of amides is 1. The first-order valence-corrected chi connectivity index (χ1v) is 9.13. The zero-order chi connectivity index (χ0) is 18.5. The van der Waals surface area contributed by atoms with Crippen molar-refractivity contribution >= 4 is 16.7 Å². The van der Waals surface area contributed by atoms with Gasteiger partial charge in [0, 0.05) is 19.2 Å². The first-order chi connectivity index (χ1) is 12.5. The molecule has 0 aromatic heterocycles. The predicted molar refractivity (Wildman–Crippen MR) is 107 cm³/mol. The Hall–Kier alpha value is -2.65. The third-order valence-corrected chi connectivity index (χ3v) is 5.05. The van der Waals surface area contributed by atoms with Gasteiger partial charge in [0.2, 0.25) is 0 Å². The van der Waals surface area contributed by atoms with Crippen molar-refractivity contribution < 1.29 is 9.69 Å². The third-order valence-electron chi connectivity index (χ3n) is 5.05. The smallest absolute Gasteiger partial charge is 0.280 e. The third kappa shape index (κ3) is 4.30. The second-order valence-corrected chi connectivity index (χ2v) is 7.11. The van der Waals surface area contributed by atoms with Crippen LogP contribution in [0.3, 0.4) is 0 Å². The molecule has 0 fully saturated rings. The van der Waals surface area contributed by atoms with Crippen molar-refractivity contribution in [2.24, 2.45) is 0 Å². The number of hydrogen-bond donors (Lipinski definition) is 1. The van der Waals surface area contributed by atoms with Crippen LogP contribution in [0, 0.1) is 0 Å². The Balaban J connectivity index is 1.64. The molecule has 0 saturated carbocycles. The maximum atomic E-state index is 12.8. The second-order valence-electron chi connectivity index (χ2n) is 7.11. The highest BCUT2D eigenvalue weighted by Crippen LogP contribution is 2.15. The summed E-state index contributed by atoms with van der Waals surface area (Å²) in [5, 5.41) is 2.50. The zero-order valence-corrected chi connectivity index (χ0v) is 15.8. The standard InChI is InChI=1S/C23H26N2O/c1-18(23(26)25(3)16-19-9-5-4-6-10-19)24(2)17-20-13-14-21-11-7-8-12-22(21)15-20/h4-15,18H,16-17H2,1-3H3/p+1/t18-/m0/s1. The first-order valence-electron chi connectivity index (χ1n) is 9.13. The van der Waals surface area contributed by atoms with Gasteiger partial charge in [-0.15, -0.1) is 0 Å². The molecule has 0 saturated heterocycles. The van der Waals surface area contributed by atoms with Gasteiger partial charge in [0.1, 0.15) is 6.54 Å². The molecule has 0 spiro atoms. The Labute approximate surface area is 155 Å². The van der Waals surface area contributed by atoms with E-state index in [1.165, 1.54) is 21.2 Å². The molecule has 3 rings (SSSR count). The van der Waals surface area contributed by atoms with Gasteiger partial charge < -0.3 is 9.80 Å². The number of carbonyl (C=O) groups is 1. The van der Waals surface area contributed by atoms with E-state index >= 15 is 0 Å². The van der Waals surface area contributed by atoms with Crippen LogP contribution in [0.2, 0.25) is 0 Å². The molecule has 26 heavy (non-hydrogen) atoms. The van der Waals surface area contributed by atoms with E-state index in [1.807, 2.05) is 37.1 Å². The molecule has 134 valence electrons. The van der Waals surface area contributed by atoms with Gasteiger partial charge in [-0.25, -0.2) is 0 Å². The van der Waals surface area contributed by atoms with Gasteiger partial charge in [0.25, 0.3) is 5.91 Å². The molecule has 0 bridgehead atoms. The fraction of sp³-hybridized carbons (Fsp3) is 0.261. The minimum Gasteiger partial charge on any atom is -0.336 e. The van der Waals surface area contributed by atoms with Crippen LogP contribution in [0.1, 0.15) is 18.1 Å². The van der Waals surface area contributed by atoms with E-state index in [0.717, 1.165) is 12.1 Å². The van der Waals surface area contributed by atoms with Crippen LogP contribution in [0.4, 0.5) is 0 Å². The zero-order valence-electron chi connectivity index (χ0n) is 15.8. The summed E-state index contributed by atoms with van der Waals surface area (Å²) >= 11 is 0. The average molecular weight is 347 g/mol. The molecule has 3 aromatic carbocycles. The first kappa shape index (κ1) is 18.2. The maximum Gasteiger partial charge on any atom is 0.280 e. The predicted octanol–water partition coefficient (Wildman–Crippen LogP) is 2.90. The SMILES string of the molecule is C[C@@H](C(=O)N(C)Cc1ccccc1)[NH+](C)Cc1ccc2ccccc2c1. The van der Waals surface area contributed by atoms with Gasteiger partial charge in [-0.2, -0.15) is 0 Å². The number of likely N-dealkylation sites (N-methyl/N-ethyl adjacent to an activating group) is 2. The van der Waals surface area contributed by atoms with Gasteiger partial charge in [0.05, 0.1) is 7.05 Å². The normalized spacial score (nSPS) is 13.3. The average Bonchev–Trinajstić information content (AvgIpc) is 2.67. The quantitative estimate of drug-likeness (QED) is 0.729. The summed E-state index contributed by atoms with van der Waals surface area (Å²) in [6, 6.07) is 25.0. The molecule has 1 amide bonds. The molecule has 0 radical (unpaired) electrons. The van der Waals surface area contributed by atoms with Crippen molar-refractivity contribution in [1.29, 1.82) is 0 Å². The van der Waals surface area contributed by atoms with E-state index in [1.54, 1.807) is 0 Å². The van der Waals surface area contributed by atoms with Crippen molar-refractivity contribution in [3.63, 3.8) is 0 Å². The van der Waals surface area contributed by atoms with Crippen molar-refractivity contribution in [2.45, 2.75) is 26.1 Å². The molecule has 1 unspecified atom stereocenters. The number of quaternary nitrogens is 1. The Morgan fingerprint density at radius 3 is 2.31 bits per heavy atom. The molecule has 3 aromatic rings. The van der Waals surface area contributed by atoms with E-state index in [9.17, 15) is 4.79 Å². The lowest BCUT2D eigenvalue weighted by Gasteiger charge is -2.26. The number of carbonyl (C=O) groups excluding carboxylic acids is 1. The van der Waals surface area contributed by atoms with Crippen molar-refractivity contribution in [1.82, 2.24) is 4.90 Å². The van der Waals surface area contributed by atoms with Gasteiger partial charge in [-0.3, -0.25) is 4.79 Å². The van der Waals surface area contributed by atoms with Crippen LogP contribution in [0.25, 0.3) is 10.8 Å². The Morgan fingerprint density at radius 1 is 0.923 bits per heavy atom. The molecule has 0 aliphatic carbocycles. The summed E-state index contributed by atoms with van der Waals surface area (Å²) in [6.45, 7) is 3.49. The van der Waals surface area contributed by atoms with Gasteiger partial charge in [-0.05, 0) is 29.3 Å². The fourth-order valence-corrected chi connectivity index (χ4v) is 3.30. The Kier molecular flexibility index (Phi) is 5.69. The highest BCUT2D eigenvalue weighted by atomic mass is 16.2. The maximum absolute atomic E-state index is 12.8. The number of rotatable bonds is 6. The lowest BCUT2D eigenvalue weighted by atomic mass is 10.1. The Bertz CT molecular complexity index is 876. The van der Waals surface area contributed by atoms with Crippen LogP contribution in [-0.4, -0.2) is 30.9 Å². The highest BCUT2D eigenvalue weighted by Gasteiger charge is 2.25. The van der Waals surface area contributed by atoms with Gasteiger partial charge in [-0.1, -0.05) is 66.7 Å². The largest absolute Gasteiger partial charge is 0.336 e. The van der Waals surface area contributed by atoms with E-state index in [4.69, 9.17) is 0 Å². The summed E-state index contributed by atoms with van der Waals surface area (Å²) < 4.78 is 0. The Morgan fingerprint density at radius 2 is 1.58 bits per heavy atom. The minimum absolute atomic E-state index is 0.0878. The molecule has 3 heteroatoms. The molecule has 2 atom stereocenters. The number of hydrogen-bond acceptors (Lipinski definition) is 1. The van der Waals surface area contributed by atoms with Crippen molar-refractivity contribution in [3.05, 3.63) is 83.9 Å². The molecule has 0 aliphatic rings. The lowest BCUT2D eigenvalue weighted by Crippen LogP contribution is -3.12. The monoisotopic (exact) mass is 347 g/mol. The summed E-state index contributed by atoms with van der Waals surface area (Å²) in [5.74, 6) is 0.173. The fourth-order valence-electron chi connectivity index (χ4n) is 3.30. The topological polar surface area (TPSA) is 24.8 Å². The van der Waals surface area contributed by atoms with Crippen LogP contribution < -0.4 is 4.90 Å². The molecule has 0 aliphatic heterocycles. The van der Waals surface area contributed by atoms with Gasteiger partial charge >= 0.3 is 0 Å². The number of nitrogens with one attached hydrogen (secondary N) is 1. The lowest BCUT2D eigenvalue weighted by molar-refractivity contribution is -0.908. The van der Waals surface area contributed by atoms with Crippen LogP contribution in [-0.2, 0) is 17.9 Å². The molecule has 3 nitrogen and oxygen atoms in total. The summed E-state index contributed by atoms with van der Waals surface area (Å²) in [6.07, 6.45) is 0. The highest BCUT2D eigenvalue weighted by molar-refractivity contribution is 5.83. The molecular formula is C23H27N2O+. The minimum atomic E-state index is -0.0878. The van der Waals surface area contributed by atoms with Crippen molar-refractivity contribution in [3.8, 4) is 0 Å². The number of nitrogens with zero attached hydrogens (tertiary/aromatic N) is 1. The molecular weight excluding hydrogens is 320 g/mol. The van der Waals surface area contributed by atoms with Gasteiger partial charge in [0.15, 0.2) is 6.04 Å². The molecule has 0 heterocycles. The van der Waals surface area contributed by atoms with E-state index in [2.05, 4.69) is 61.6 Å². The summed E-state index contributed by atoms with van der Waals surface area (Å²) in [4.78, 5) is 15.8. The van der Waals surface area contributed by atoms with Crippen LogP contribution in [0.5, 0.6) is 0 Å². The summed E-state index contributed by atoms with van der Waals surface area (Å²) in [7, 11) is 3.98. The van der Waals surface area contributed by atoms with E-state index in [0.29, 0.717) is 6.54 Å². The van der Waals surface area contributed by atoms with E-state index < -0.39 is 0 Å².